The minimum atomic E-state index is -1.07. The normalized spacial score (nSPS) is 10.7. The van der Waals surface area contributed by atoms with E-state index in [-0.39, 0.29) is 11.9 Å². The van der Waals surface area contributed by atoms with Gasteiger partial charge in [-0.25, -0.2) is 0 Å². The lowest BCUT2D eigenvalue weighted by Gasteiger charge is -2.06. The highest BCUT2D eigenvalue weighted by Gasteiger charge is 2.08. The van der Waals surface area contributed by atoms with Gasteiger partial charge in [0.15, 0.2) is 0 Å². The number of hydrogen-bond acceptors (Lipinski definition) is 5. The van der Waals surface area contributed by atoms with Crippen LogP contribution in [0.4, 0.5) is 5.95 Å². The van der Waals surface area contributed by atoms with Crippen molar-refractivity contribution in [1.82, 2.24) is 20.5 Å². The molecule has 5 N–H and O–H groups in total. The summed E-state index contributed by atoms with van der Waals surface area (Å²) in [5.74, 6) is 6.16. The van der Waals surface area contributed by atoms with Crippen molar-refractivity contribution in [3.63, 3.8) is 0 Å². The van der Waals surface area contributed by atoms with Crippen LogP contribution in [0.15, 0.2) is 24.3 Å². The maximum atomic E-state index is 12.1. The van der Waals surface area contributed by atoms with Crippen LogP contribution < -0.4 is 11.1 Å². The third-order valence-electron chi connectivity index (χ3n) is 2.83. The first-order chi connectivity index (χ1) is 10.8. The summed E-state index contributed by atoms with van der Waals surface area (Å²) < 4.78 is 0. The van der Waals surface area contributed by atoms with E-state index in [1.165, 1.54) is 0 Å². The van der Waals surface area contributed by atoms with Crippen molar-refractivity contribution in [2.24, 2.45) is 0 Å². The molecule has 1 aromatic heterocycles. The molecule has 0 aliphatic carbocycles. The first-order valence-electron chi connectivity index (χ1n) is 7.14. The molecule has 7 nitrogen and oxygen atoms in total. The van der Waals surface area contributed by atoms with Gasteiger partial charge in [0.2, 0.25) is 5.95 Å². The molecule has 0 saturated heterocycles. The minimum Gasteiger partial charge on any atom is -0.378 e. The van der Waals surface area contributed by atoms with Crippen molar-refractivity contribution in [1.29, 1.82) is 0 Å². The Hall–Kier alpha value is -2.85. The molecule has 0 bridgehead atoms. The van der Waals surface area contributed by atoms with E-state index < -0.39 is 5.60 Å². The highest BCUT2D eigenvalue weighted by atomic mass is 16.3. The van der Waals surface area contributed by atoms with Crippen molar-refractivity contribution in [2.75, 3.05) is 12.3 Å². The van der Waals surface area contributed by atoms with E-state index in [9.17, 15) is 9.90 Å². The van der Waals surface area contributed by atoms with Gasteiger partial charge in [0.05, 0.1) is 0 Å². The standard InChI is InChI=1S/C16H19N5O2/c1-16(2,23)8-6-11-4-3-5-12(10-11)14(22)18-9-7-13-19-15(17)21-20-13/h3-5,10,23H,7,9H2,1-2H3,(H,18,22)(H3,17,19,20,21). The van der Waals surface area contributed by atoms with Crippen molar-refractivity contribution < 1.29 is 9.90 Å². The number of carbonyl (C=O) groups excluding carboxylic acids is 1. The zero-order chi connectivity index (χ0) is 16.9. The van der Waals surface area contributed by atoms with Crippen molar-refractivity contribution in [2.45, 2.75) is 25.9 Å². The van der Waals surface area contributed by atoms with Gasteiger partial charge in [-0.2, -0.15) is 4.98 Å². The summed E-state index contributed by atoms with van der Waals surface area (Å²) in [6.07, 6.45) is 0.508. The minimum absolute atomic E-state index is 0.185. The van der Waals surface area contributed by atoms with Gasteiger partial charge in [-0.15, -0.1) is 5.10 Å². The number of carbonyl (C=O) groups is 1. The van der Waals surface area contributed by atoms with Gasteiger partial charge in [-0.1, -0.05) is 17.9 Å². The molecular weight excluding hydrogens is 294 g/mol. The lowest BCUT2D eigenvalue weighted by molar-refractivity contribution is 0.0954. The molecule has 0 radical (unpaired) electrons. The van der Waals surface area contributed by atoms with Crippen LogP contribution in [0.3, 0.4) is 0 Å². The summed E-state index contributed by atoms with van der Waals surface area (Å²) in [4.78, 5) is 16.1. The van der Waals surface area contributed by atoms with E-state index in [2.05, 4.69) is 32.3 Å². The Kier molecular flexibility index (Phi) is 4.98. The van der Waals surface area contributed by atoms with Gasteiger partial charge in [0.25, 0.3) is 5.91 Å². The molecule has 0 aliphatic rings. The number of aromatic amines is 1. The number of H-pyrrole nitrogens is 1. The molecule has 2 aromatic rings. The monoisotopic (exact) mass is 313 g/mol. The summed E-state index contributed by atoms with van der Waals surface area (Å²) in [6.45, 7) is 3.62. The van der Waals surface area contributed by atoms with E-state index in [4.69, 9.17) is 5.73 Å². The Balaban J connectivity index is 1.95. The molecule has 0 atom stereocenters. The van der Waals surface area contributed by atoms with Crippen molar-refractivity contribution in [3.8, 4) is 11.8 Å². The predicted molar refractivity (Wildman–Crippen MR) is 86.5 cm³/mol. The molecule has 7 heteroatoms. The quantitative estimate of drug-likeness (QED) is 0.613. The summed E-state index contributed by atoms with van der Waals surface area (Å²) in [5.41, 5.74) is 5.51. The summed E-state index contributed by atoms with van der Waals surface area (Å²) in [7, 11) is 0. The predicted octanol–water partition coefficient (Wildman–Crippen LogP) is 0.482. The van der Waals surface area contributed by atoms with E-state index in [1.54, 1.807) is 38.1 Å². The zero-order valence-electron chi connectivity index (χ0n) is 13.1. The second-order valence-corrected chi connectivity index (χ2v) is 5.54. The Morgan fingerprint density at radius 3 is 2.91 bits per heavy atom. The lowest BCUT2D eigenvalue weighted by atomic mass is 10.1. The number of nitrogens with zero attached hydrogens (tertiary/aromatic N) is 2. The SMILES string of the molecule is CC(C)(O)C#Cc1cccc(C(=O)NCCc2nc(N)n[nH]2)c1. The molecule has 0 saturated carbocycles. The smallest absolute Gasteiger partial charge is 0.251 e. The van der Waals surface area contributed by atoms with E-state index in [1.807, 2.05) is 0 Å². The third kappa shape index (κ3) is 5.45. The number of nitrogen functional groups attached to an aromatic ring is 1. The highest BCUT2D eigenvalue weighted by molar-refractivity contribution is 5.94. The largest absolute Gasteiger partial charge is 0.378 e. The fourth-order valence-electron chi connectivity index (χ4n) is 1.78. The van der Waals surface area contributed by atoms with Gasteiger partial charge in [0, 0.05) is 24.1 Å². The molecule has 1 amide bonds. The van der Waals surface area contributed by atoms with Gasteiger partial charge < -0.3 is 16.2 Å². The van der Waals surface area contributed by atoms with Gasteiger partial charge in [-0.3, -0.25) is 9.89 Å². The fourth-order valence-corrected chi connectivity index (χ4v) is 1.78. The number of aliphatic hydroxyl groups is 1. The van der Waals surface area contributed by atoms with Crippen LogP contribution in [0, 0.1) is 11.8 Å². The Labute approximate surface area is 134 Å². The first-order valence-corrected chi connectivity index (χ1v) is 7.14. The Morgan fingerprint density at radius 1 is 1.48 bits per heavy atom. The number of amides is 1. The highest BCUT2D eigenvalue weighted by Crippen LogP contribution is 2.06. The van der Waals surface area contributed by atoms with Crippen LogP contribution in [-0.2, 0) is 6.42 Å². The second-order valence-electron chi connectivity index (χ2n) is 5.54. The molecule has 0 aliphatic heterocycles. The summed E-state index contributed by atoms with van der Waals surface area (Å²) in [6, 6.07) is 6.92. The van der Waals surface area contributed by atoms with Crippen LogP contribution in [0.25, 0.3) is 0 Å². The topological polar surface area (TPSA) is 117 Å². The number of anilines is 1. The Bertz CT molecular complexity index is 750. The number of nitrogens with one attached hydrogen (secondary N) is 2. The van der Waals surface area contributed by atoms with Crippen LogP contribution in [0.1, 0.15) is 35.6 Å². The van der Waals surface area contributed by atoms with Crippen LogP contribution in [-0.4, -0.2) is 38.3 Å². The second kappa shape index (κ2) is 6.94. The molecule has 0 unspecified atom stereocenters. The zero-order valence-corrected chi connectivity index (χ0v) is 13.1. The molecule has 23 heavy (non-hydrogen) atoms. The van der Waals surface area contributed by atoms with E-state index in [0.717, 1.165) is 0 Å². The first kappa shape index (κ1) is 16.5. The number of aromatic nitrogens is 3. The van der Waals surface area contributed by atoms with E-state index >= 15 is 0 Å². The molecule has 0 spiro atoms. The number of benzene rings is 1. The average Bonchev–Trinajstić information content (AvgIpc) is 2.90. The van der Waals surface area contributed by atoms with Gasteiger partial charge in [-0.05, 0) is 32.0 Å². The number of nitrogens with two attached hydrogens (primary N) is 1. The van der Waals surface area contributed by atoms with Gasteiger partial charge >= 0.3 is 0 Å². The molecule has 120 valence electrons. The fraction of sp³-hybridized carbons (Fsp3) is 0.312. The molecule has 2 rings (SSSR count). The van der Waals surface area contributed by atoms with Gasteiger partial charge in [0.1, 0.15) is 11.4 Å². The molecule has 1 aromatic carbocycles. The maximum absolute atomic E-state index is 12.1. The summed E-state index contributed by atoms with van der Waals surface area (Å²) >= 11 is 0. The third-order valence-corrected chi connectivity index (χ3v) is 2.83. The van der Waals surface area contributed by atoms with Crippen molar-refractivity contribution >= 4 is 11.9 Å². The molecular formula is C16H19N5O2. The van der Waals surface area contributed by atoms with Crippen LogP contribution in [0.5, 0.6) is 0 Å². The Morgan fingerprint density at radius 2 is 2.26 bits per heavy atom. The average molecular weight is 313 g/mol. The summed E-state index contributed by atoms with van der Waals surface area (Å²) in [5, 5.41) is 18.8. The maximum Gasteiger partial charge on any atom is 0.251 e. The number of rotatable bonds is 4. The molecule has 0 fully saturated rings. The van der Waals surface area contributed by atoms with Crippen LogP contribution in [0.2, 0.25) is 0 Å². The van der Waals surface area contributed by atoms with Crippen LogP contribution >= 0.6 is 0 Å². The lowest BCUT2D eigenvalue weighted by Crippen LogP contribution is -2.26. The number of hydrogen-bond donors (Lipinski definition) is 4. The molecule has 1 heterocycles. The van der Waals surface area contributed by atoms with Crippen molar-refractivity contribution in [3.05, 3.63) is 41.2 Å². The van der Waals surface area contributed by atoms with E-state index in [0.29, 0.717) is 29.9 Å².